The lowest BCUT2D eigenvalue weighted by molar-refractivity contribution is 0.313. The van der Waals surface area contributed by atoms with Gasteiger partial charge in [-0.25, -0.2) is 0 Å². The smallest absolute Gasteiger partial charge is 0.00682 e. The first-order chi connectivity index (χ1) is 8.38. The van der Waals surface area contributed by atoms with Gasteiger partial charge in [0.25, 0.3) is 0 Å². The molecule has 1 heterocycles. The molecule has 0 amide bonds. The summed E-state index contributed by atoms with van der Waals surface area (Å²) in [7, 11) is 0. The van der Waals surface area contributed by atoms with Crippen LogP contribution < -0.4 is 5.32 Å². The van der Waals surface area contributed by atoms with Crippen LogP contribution in [0.5, 0.6) is 0 Å². The quantitative estimate of drug-likeness (QED) is 0.621. The molecule has 1 saturated heterocycles. The number of unbranched alkanes of at least 4 members (excludes halogenated alkanes) is 3. The SMILES string of the molecule is CCC1CCN(CCCCCCNC2CC2)C1. The molecule has 0 radical (unpaired) electrons. The topological polar surface area (TPSA) is 15.3 Å². The Kier molecular flexibility index (Phi) is 5.79. The molecule has 100 valence electrons. The Labute approximate surface area is 107 Å². The summed E-state index contributed by atoms with van der Waals surface area (Å²) in [5.41, 5.74) is 0. The van der Waals surface area contributed by atoms with E-state index in [1.165, 1.54) is 77.5 Å². The molecule has 1 aliphatic heterocycles. The van der Waals surface area contributed by atoms with E-state index in [-0.39, 0.29) is 0 Å². The molecule has 1 saturated carbocycles. The zero-order valence-corrected chi connectivity index (χ0v) is 11.6. The standard InChI is InChI=1S/C15H30N2/c1-2-14-9-12-17(13-14)11-6-4-3-5-10-16-15-7-8-15/h14-16H,2-13H2,1H3. The lowest BCUT2D eigenvalue weighted by Gasteiger charge is -2.15. The van der Waals surface area contributed by atoms with Crippen molar-refractivity contribution in [3.63, 3.8) is 0 Å². The van der Waals surface area contributed by atoms with Gasteiger partial charge in [0.2, 0.25) is 0 Å². The Morgan fingerprint density at radius 3 is 2.59 bits per heavy atom. The summed E-state index contributed by atoms with van der Waals surface area (Å²) in [6.45, 7) is 7.68. The van der Waals surface area contributed by atoms with E-state index in [4.69, 9.17) is 0 Å². The van der Waals surface area contributed by atoms with E-state index in [0.717, 1.165) is 12.0 Å². The van der Waals surface area contributed by atoms with Crippen molar-refractivity contribution in [3.8, 4) is 0 Å². The highest BCUT2D eigenvalue weighted by Crippen LogP contribution is 2.20. The van der Waals surface area contributed by atoms with Crippen LogP contribution in [0, 0.1) is 5.92 Å². The Bertz CT molecular complexity index is 201. The lowest BCUT2D eigenvalue weighted by atomic mass is 10.1. The van der Waals surface area contributed by atoms with Crippen molar-refractivity contribution in [2.75, 3.05) is 26.2 Å². The molecule has 1 unspecified atom stereocenters. The van der Waals surface area contributed by atoms with E-state index in [9.17, 15) is 0 Å². The second kappa shape index (κ2) is 7.38. The molecule has 1 N–H and O–H groups in total. The number of likely N-dealkylation sites (tertiary alicyclic amines) is 1. The highest BCUT2D eigenvalue weighted by molar-refractivity contribution is 4.80. The highest BCUT2D eigenvalue weighted by atomic mass is 15.1. The van der Waals surface area contributed by atoms with Crippen LogP contribution in [0.1, 0.15) is 58.3 Å². The molecule has 0 aromatic rings. The minimum atomic E-state index is 0.894. The number of hydrogen-bond donors (Lipinski definition) is 1. The maximum Gasteiger partial charge on any atom is 0.00682 e. The van der Waals surface area contributed by atoms with Crippen LogP contribution in [0.2, 0.25) is 0 Å². The van der Waals surface area contributed by atoms with E-state index in [1.807, 2.05) is 0 Å². The molecule has 0 spiro atoms. The third-order valence-corrected chi connectivity index (χ3v) is 4.36. The average Bonchev–Trinajstić information content (AvgIpc) is 3.05. The molecular formula is C15H30N2. The summed E-state index contributed by atoms with van der Waals surface area (Å²) in [6.07, 6.45) is 11.3. The Morgan fingerprint density at radius 2 is 1.88 bits per heavy atom. The predicted molar refractivity (Wildman–Crippen MR) is 74.3 cm³/mol. The maximum atomic E-state index is 3.59. The van der Waals surface area contributed by atoms with Gasteiger partial charge in [-0.1, -0.05) is 26.2 Å². The van der Waals surface area contributed by atoms with Crippen LogP contribution in [0.4, 0.5) is 0 Å². The first kappa shape index (κ1) is 13.4. The minimum absolute atomic E-state index is 0.894. The zero-order valence-electron chi connectivity index (χ0n) is 11.6. The van der Waals surface area contributed by atoms with Crippen LogP contribution in [0.15, 0.2) is 0 Å². The number of rotatable bonds is 9. The molecule has 0 aromatic carbocycles. The van der Waals surface area contributed by atoms with Crippen molar-refractivity contribution in [1.82, 2.24) is 10.2 Å². The van der Waals surface area contributed by atoms with Gasteiger partial charge in [-0.15, -0.1) is 0 Å². The Morgan fingerprint density at radius 1 is 1.06 bits per heavy atom. The van der Waals surface area contributed by atoms with Crippen molar-refractivity contribution in [2.45, 2.75) is 64.3 Å². The van der Waals surface area contributed by atoms with Crippen LogP contribution in [0.3, 0.4) is 0 Å². The summed E-state index contributed by atoms with van der Waals surface area (Å²) in [5.74, 6) is 0.998. The van der Waals surface area contributed by atoms with Gasteiger partial charge in [-0.2, -0.15) is 0 Å². The van der Waals surface area contributed by atoms with E-state index in [1.54, 1.807) is 0 Å². The first-order valence-corrected chi connectivity index (χ1v) is 7.84. The molecule has 2 rings (SSSR count). The van der Waals surface area contributed by atoms with Crippen LogP contribution >= 0.6 is 0 Å². The minimum Gasteiger partial charge on any atom is -0.314 e. The summed E-state index contributed by atoms with van der Waals surface area (Å²) in [5, 5.41) is 3.59. The van der Waals surface area contributed by atoms with E-state index in [0.29, 0.717) is 0 Å². The maximum absolute atomic E-state index is 3.59. The van der Waals surface area contributed by atoms with Crippen molar-refractivity contribution in [1.29, 1.82) is 0 Å². The lowest BCUT2D eigenvalue weighted by Crippen LogP contribution is -2.22. The molecule has 1 atom stereocenters. The number of hydrogen-bond acceptors (Lipinski definition) is 2. The molecule has 1 aliphatic carbocycles. The Balaban J connectivity index is 1.36. The zero-order chi connectivity index (χ0) is 11.9. The Hall–Kier alpha value is -0.0800. The molecule has 2 nitrogen and oxygen atoms in total. The van der Waals surface area contributed by atoms with Crippen molar-refractivity contribution < 1.29 is 0 Å². The molecule has 0 aromatic heterocycles. The van der Waals surface area contributed by atoms with Gasteiger partial charge in [0.1, 0.15) is 0 Å². The van der Waals surface area contributed by atoms with Crippen molar-refractivity contribution >= 4 is 0 Å². The summed E-state index contributed by atoms with van der Waals surface area (Å²) >= 11 is 0. The predicted octanol–water partition coefficient (Wildman–Crippen LogP) is 3.03. The van der Waals surface area contributed by atoms with Gasteiger partial charge in [-0.3, -0.25) is 0 Å². The molecule has 0 bridgehead atoms. The molecular weight excluding hydrogens is 208 g/mol. The third-order valence-electron chi connectivity index (χ3n) is 4.36. The highest BCUT2D eigenvalue weighted by Gasteiger charge is 2.20. The molecule has 17 heavy (non-hydrogen) atoms. The van der Waals surface area contributed by atoms with E-state index >= 15 is 0 Å². The third kappa shape index (κ3) is 5.39. The summed E-state index contributed by atoms with van der Waals surface area (Å²) < 4.78 is 0. The first-order valence-electron chi connectivity index (χ1n) is 7.84. The van der Waals surface area contributed by atoms with Gasteiger partial charge in [0.15, 0.2) is 0 Å². The van der Waals surface area contributed by atoms with Gasteiger partial charge in [0.05, 0.1) is 0 Å². The monoisotopic (exact) mass is 238 g/mol. The van der Waals surface area contributed by atoms with E-state index < -0.39 is 0 Å². The van der Waals surface area contributed by atoms with Gasteiger partial charge in [-0.05, 0) is 57.7 Å². The summed E-state index contributed by atoms with van der Waals surface area (Å²) in [6, 6.07) is 0.894. The molecule has 2 heteroatoms. The van der Waals surface area contributed by atoms with Crippen LogP contribution in [-0.2, 0) is 0 Å². The van der Waals surface area contributed by atoms with Crippen molar-refractivity contribution in [2.24, 2.45) is 5.92 Å². The second-order valence-electron chi connectivity index (χ2n) is 6.01. The number of nitrogens with zero attached hydrogens (tertiary/aromatic N) is 1. The van der Waals surface area contributed by atoms with Crippen LogP contribution in [0.25, 0.3) is 0 Å². The van der Waals surface area contributed by atoms with Gasteiger partial charge >= 0.3 is 0 Å². The fourth-order valence-electron chi connectivity index (χ4n) is 2.86. The average molecular weight is 238 g/mol. The fourth-order valence-corrected chi connectivity index (χ4v) is 2.86. The number of nitrogens with one attached hydrogen (secondary N) is 1. The summed E-state index contributed by atoms with van der Waals surface area (Å²) in [4.78, 5) is 2.68. The van der Waals surface area contributed by atoms with Gasteiger partial charge < -0.3 is 10.2 Å². The fraction of sp³-hybridized carbons (Fsp3) is 1.00. The largest absolute Gasteiger partial charge is 0.314 e. The normalized spacial score (nSPS) is 25.6. The van der Waals surface area contributed by atoms with Gasteiger partial charge in [0, 0.05) is 12.6 Å². The van der Waals surface area contributed by atoms with E-state index in [2.05, 4.69) is 17.1 Å². The second-order valence-corrected chi connectivity index (χ2v) is 6.01. The van der Waals surface area contributed by atoms with Crippen LogP contribution in [-0.4, -0.2) is 37.1 Å². The molecule has 2 fully saturated rings. The molecule has 2 aliphatic rings. The van der Waals surface area contributed by atoms with Crippen molar-refractivity contribution in [3.05, 3.63) is 0 Å².